The molecule has 142 valence electrons. The standard InChI is InChI=1S/C16H31O7P/c1-9-19-15(17)14(16(18)20-10-2)24(21-11(3)4,22-12(5)6)23-13(7)8/h11-13H,9-10H2,1-8H3. The molecule has 0 unspecified atom stereocenters. The fourth-order valence-electron chi connectivity index (χ4n) is 1.77. The van der Waals surface area contributed by atoms with Gasteiger partial charge in [-0.05, 0) is 55.4 Å². The number of hydrogen-bond acceptors (Lipinski definition) is 7. The van der Waals surface area contributed by atoms with Crippen LogP contribution in [0, 0.1) is 0 Å². The molecule has 0 saturated carbocycles. The van der Waals surface area contributed by atoms with E-state index >= 15 is 0 Å². The topological polar surface area (TPSA) is 80.3 Å². The Morgan fingerprint density at radius 2 is 1.00 bits per heavy atom. The van der Waals surface area contributed by atoms with Gasteiger partial charge < -0.3 is 23.0 Å². The van der Waals surface area contributed by atoms with Gasteiger partial charge in [-0.25, -0.2) is 9.59 Å². The van der Waals surface area contributed by atoms with Crippen molar-refractivity contribution in [2.24, 2.45) is 0 Å². The summed E-state index contributed by atoms with van der Waals surface area (Å²) in [7, 11) is -3.48. The minimum absolute atomic E-state index is 0.104. The molecule has 0 bridgehead atoms. The maximum absolute atomic E-state index is 12.5. The van der Waals surface area contributed by atoms with Gasteiger partial charge in [-0.1, -0.05) is 0 Å². The number of carbonyl (C=O) groups is 2. The van der Waals surface area contributed by atoms with Crippen LogP contribution in [-0.4, -0.2) is 48.8 Å². The zero-order valence-corrected chi connectivity index (χ0v) is 16.8. The molecule has 0 aliphatic rings. The fraction of sp³-hybridized carbons (Fsp3) is 0.812. The Balaban J connectivity index is 6.52. The monoisotopic (exact) mass is 366 g/mol. The summed E-state index contributed by atoms with van der Waals surface area (Å²) >= 11 is 0. The van der Waals surface area contributed by atoms with E-state index in [0.29, 0.717) is 0 Å². The SMILES string of the molecule is CCOC(=O)C(C(=O)OCC)=P(OC(C)C)(OC(C)C)OC(C)C. The van der Waals surface area contributed by atoms with Crippen molar-refractivity contribution < 1.29 is 32.6 Å². The minimum atomic E-state index is -3.48. The Hall–Kier alpha value is -0.880. The largest absolute Gasteiger partial charge is 0.462 e. The van der Waals surface area contributed by atoms with E-state index < -0.39 is 19.5 Å². The molecule has 0 radical (unpaired) electrons. The van der Waals surface area contributed by atoms with Gasteiger partial charge in [0.2, 0.25) is 5.29 Å². The van der Waals surface area contributed by atoms with Gasteiger partial charge >= 0.3 is 11.9 Å². The van der Waals surface area contributed by atoms with Gasteiger partial charge in [0.15, 0.2) is 0 Å². The van der Waals surface area contributed by atoms with Gasteiger partial charge in [0.05, 0.1) is 31.5 Å². The lowest BCUT2D eigenvalue weighted by Crippen LogP contribution is -2.33. The molecule has 0 aliphatic carbocycles. The van der Waals surface area contributed by atoms with Crippen molar-refractivity contribution in [3.63, 3.8) is 0 Å². The molecule has 0 heterocycles. The first-order valence-electron chi connectivity index (χ1n) is 8.25. The smallest absolute Gasteiger partial charge is 0.352 e. The molecule has 0 aromatic carbocycles. The van der Waals surface area contributed by atoms with Gasteiger partial charge in [-0.3, -0.25) is 0 Å². The maximum Gasteiger partial charge on any atom is 0.352 e. The van der Waals surface area contributed by atoms with Gasteiger partial charge in [-0.15, -0.1) is 0 Å². The van der Waals surface area contributed by atoms with E-state index in [4.69, 9.17) is 23.0 Å². The van der Waals surface area contributed by atoms with E-state index in [-0.39, 0.29) is 36.8 Å². The molecule has 0 N–H and O–H groups in total. The summed E-state index contributed by atoms with van der Waals surface area (Å²) in [6, 6.07) is 0. The van der Waals surface area contributed by atoms with Gasteiger partial charge in [0.1, 0.15) is 0 Å². The van der Waals surface area contributed by atoms with Crippen molar-refractivity contribution in [3.05, 3.63) is 0 Å². The van der Waals surface area contributed by atoms with E-state index in [0.717, 1.165) is 0 Å². The van der Waals surface area contributed by atoms with Crippen LogP contribution in [0.25, 0.3) is 0 Å². The number of hydrogen-bond donors (Lipinski definition) is 0. The molecule has 0 amide bonds. The molecule has 24 heavy (non-hydrogen) atoms. The summed E-state index contributed by atoms with van der Waals surface area (Å²) < 4.78 is 27.7. The lowest BCUT2D eigenvalue weighted by molar-refractivity contribution is -0.140. The first kappa shape index (κ1) is 23.1. The van der Waals surface area contributed by atoms with Crippen LogP contribution in [0.2, 0.25) is 0 Å². The highest BCUT2D eigenvalue weighted by Gasteiger charge is 2.41. The number of ether oxygens (including phenoxy) is 2. The van der Waals surface area contributed by atoms with E-state index in [9.17, 15) is 9.59 Å². The molecule has 0 aromatic heterocycles. The molecule has 0 rings (SSSR count). The molecular formula is C16H31O7P. The summed E-state index contributed by atoms with van der Waals surface area (Å²) in [5.74, 6) is -1.68. The van der Waals surface area contributed by atoms with Crippen LogP contribution in [0.4, 0.5) is 0 Å². The van der Waals surface area contributed by atoms with Crippen molar-refractivity contribution in [3.8, 4) is 0 Å². The molecular weight excluding hydrogens is 335 g/mol. The minimum Gasteiger partial charge on any atom is -0.462 e. The molecule has 7 nitrogen and oxygen atoms in total. The van der Waals surface area contributed by atoms with Gasteiger partial charge in [0.25, 0.3) is 7.57 Å². The normalized spacial score (nSPS) is 12.0. The molecule has 0 fully saturated rings. The predicted octanol–water partition coefficient (Wildman–Crippen LogP) is 3.32. The van der Waals surface area contributed by atoms with Crippen molar-refractivity contribution in [1.29, 1.82) is 0 Å². The molecule has 0 atom stereocenters. The van der Waals surface area contributed by atoms with Gasteiger partial charge in [0, 0.05) is 0 Å². The molecule has 0 spiro atoms. The van der Waals surface area contributed by atoms with E-state index in [2.05, 4.69) is 0 Å². The third-order valence-corrected chi connectivity index (χ3v) is 5.27. The highest BCUT2D eigenvalue weighted by Crippen LogP contribution is 2.56. The zero-order chi connectivity index (χ0) is 18.9. The average Bonchev–Trinajstić information content (AvgIpc) is 2.36. The first-order chi connectivity index (χ1) is 11.1. The van der Waals surface area contributed by atoms with Gasteiger partial charge in [-0.2, -0.15) is 0 Å². The Morgan fingerprint density at radius 1 is 0.708 bits per heavy atom. The van der Waals surface area contributed by atoms with Crippen LogP contribution in [0.3, 0.4) is 0 Å². The summed E-state index contributed by atoms with van der Waals surface area (Å²) in [5, 5.41) is -0.345. The maximum atomic E-state index is 12.5. The third kappa shape index (κ3) is 7.34. The lowest BCUT2D eigenvalue weighted by Gasteiger charge is -2.32. The third-order valence-electron chi connectivity index (χ3n) is 2.26. The average molecular weight is 366 g/mol. The molecule has 0 saturated heterocycles. The van der Waals surface area contributed by atoms with Crippen molar-refractivity contribution in [1.82, 2.24) is 0 Å². The highest BCUT2D eigenvalue weighted by molar-refractivity contribution is 7.67. The van der Waals surface area contributed by atoms with Crippen LogP contribution in [0.1, 0.15) is 55.4 Å². The highest BCUT2D eigenvalue weighted by atomic mass is 31.2. The number of esters is 2. The molecule has 0 aliphatic heterocycles. The Bertz CT molecular complexity index is 416. The van der Waals surface area contributed by atoms with Crippen LogP contribution < -0.4 is 0 Å². The van der Waals surface area contributed by atoms with Crippen molar-refractivity contribution >= 4 is 24.8 Å². The molecule has 0 aromatic rings. The zero-order valence-electron chi connectivity index (χ0n) is 16.0. The summed E-state index contributed by atoms with van der Waals surface area (Å²) in [6.45, 7) is 14.2. The number of carbonyl (C=O) groups excluding carboxylic acids is 2. The summed E-state index contributed by atoms with van der Waals surface area (Å²) in [4.78, 5) is 25.0. The van der Waals surface area contributed by atoms with Crippen LogP contribution in [-0.2, 0) is 32.6 Å². The number of rotatable bonds is 10. The van der Waals surface area contributed by atoms with E-state index in [1.807, 2.05) is 0 Å². The van der Waals surface area contributed by atoms with Crippen LogP contribution in [0.15, 0.2) is 0 Å². The Morgan fingerprint density at radius 3 is 1.21 bits per heavy atom. The van der Waals surface area contributed by atoms with Crippen molar-refractivity contribution in [2.75, 3.05) is 13.2 Å². The van der Waals surface area contributed by atoms with Crippen molar-refractivity contribution in [2.45, 2.75) is 73.7 Å². The van der Waals surface area contributed by atoms with Crippen LogP contribution in [0.5, 0.6) is 0 Å². The summed E-state index contributed by atoms with van der Waals surface area (Å²) in [5.41, 5.74) is 0. The lowest BCUT2D eigenvalue weighted by atomic mass is 10.4. The Labute approximate surface area is 145 Å². The van der Waals surface area contributed by atoms with E-state index in [1.165, 1.54) is 0 Å². The summed E-state index contributed by atoms with van der Waals surface area (Å²) in [6.07, 6.45) is -1.01. The second kappa shape index (κ2) is 10.9. The second-order valence-electron chi connectivity index (χ2n) is 5.75. The Kier molecular flexibility index (Phi) is 10.5. The first-order valence-corrected chi connectivity index (χ1v) is 9.79. The quantitative estimate of drug-likeness (QED) is 0.333. The second-order valence-corrected chi connectivity index (χ2v) is 7.82. The van der Waals surface area contributed by atoms with Crippen LogP contribution >= 0.6 is 7.57 Å². The predicted molar refractivity (Wildman–Crippen MR) is 93.9 cm³/mol. The molecule has 8 heteroatoms. The van der Waals surface area contributed by atoms with E-state index in [1.54, 1.807) is 55.4 Å². The fourth-order valence-corrected chi connectivity index (χ4v) is 4.48.